The molecule has 1 aromatic heterocycles. The summed E-state index contributed by atoms with van der Waals surface area (Å²) in [7, 11) is 1.74. The van der Waals surface area contributed by atoms with Crippen LogP contribution >= 0.6 is 0 Å². The van der Waals surface area contributed by atoms with Crippen LogP contribution in [0.5, 0.6) is 0 Å². The van der Waals surface area contributed by atoms with E-state index in [0.717, 1.165) is 18.8 Å². The molecule has 25 heavy (non-hydrogen) atoms. The number of nitrogens with zero attached hydrogens (tertiary/aromatic N) is 2. The number of benzene rings is 1. The summed E-state index contributed by atoms with van der Waals surface area (Å²) in [6.07, 6.45) is 5.78. The summed E-state index contributed by atoms with van der Waals surface area (Å²) in [6.45, 7) is 2.59. The number of carbonyl (C=O) groups is 1. The van der Waals surface area contributed by atoms with Crippen molar-refractivity contribution in [1.82, 2.24) is 14.8 Å². The van der Waals surface area contributed by atoms with Crippen LogP contribution in [0.25, 0.3) is 6.08 Å². The molecule has 1 aliphatic heterocycles. The number of likely N-dealkylation sites (N-methyl/N-ethyl adjacent to an activating group) is 1. The van der Waals surface area contributed by atoms with Gasteiger partial charge in [-0.15, -0.1) is 0 Å². The molecule has 132 valence electrons. The molecule has 5 nitrogen and oxygen atoms in total. The number of aromatic amines is 1. The maximum Gasteiger partial charge on any atom is 0.246 e. The average Bonchev–Trinajstić information content (AvgIpc) is 3.23. The first-order chi connectivity index (χ1) is 12.0. The largest absolute Gasteiger partial charge is 0.387 e. The number of carbonyl (C=O) groups excluding carboxylic acids is 1. The van der Waals surface area contributed by atoms with Crippen LogP contribution in [0.4, 0.5) is 0 Å². The van der Waals surface area contributed by atoms with Crippen molar-refractivity contribution in [3.05, 3.63) is 66.0 Å². The number of aromatic nitrogens is 1. The molecule has 1 amide bonds. The number of aliphatic hydroxyl groups is 1. The fourth-order valence-electron chi connectivity index (χ4n) is 3.30. The smallest absolute Gasteiger partial charge is 0.246 e. The SMILES string of the molecule is CN(CC1(O)CCN(Cc2ccccc2)C1)C(=O)/C=C/c1ccc[nH]1. The minimum absolute atomic E-state index is 0.107. The first kappa shape index (κ1) is 17.5. The molecule has 2 aromatic rings. The third kappa shape index (κ3) is 4.81. The topological polar surface area (TPSA) is 59.6 Å². The maximum atomic E-state index is 12.2. The lowest BCUT2D eigenvalue weighted by molar-refractivity contribution is -0.127. The fraction of sp³-hybridized carbons (Fsp3) is 0.350. The van der Waals surface area contributed by atoms with Crippen LogP contribution in [-0.2, 0) is 11.3 Å². The van der Waals surface area contributed by atoms with E-state index in [0.29, 0.717) is 19.5 Å². The van der Waals surface area contributed by atoms with Gasteiger partial charge in [0.05, 0.1) is 12.1 Å². The first-order valence-electron chi connectivity index (χ1n) is 8.59. The Hall–Kier alpha value is -2.37. The maximum absolute atomic E-state index is 12.2. The second-order valence-electron chi connectivity index (χ2n) is 6.82. The van der Waals surface area contributed by atoms with E-state index in [1.807, 2.05) is 36.5 Å². The number of hydrogen-bond acceptors (Lipinski definition) is 3. The molecular weight excluding hydrogens is 314 g/mol. The van der Waals surface area contributed by atoms with Gasteiger partial charge in [-0.05, 0) is 30.2 Å². The molecule has 1 unspecified atom stereocenters. The van der Waals surface area contributed by atoms with E-state index >= 15 is 0 Å². The van der Waals surface area contributed by atoms with Crippen LogP contribution in [0.3, 0.4) is 0 Å². The molecule has 0 bridgehead atoms. The minimum Gasteiger partial charge on any atom is -0.387 e. The van der Waals surface area contributed by atoms with Crippen molar-refractivity contribution >= 4 is 12.0 Å². The van der Waals surface area contributed by atoms with E-state index in [1.165, 1.54) is 11.6 Å². The lowest BCUT2D eigenvalue weighted by Crippen LogP contribution is -2.45. The predicted molar refractivity (Wildman–Crippen MR) is 98.7 cm³/mol. The van der Waals surface area contributed by atoms with Gasteiger partial charge in [0.1, 0.15) is 0 Å². The molecule has 1 atom stereocenters. The number of likely N-dealkylation sites (tertiary alicyclic amines) is 1. The highest BCUT2D eigenvalue weighted by Gasteiger charge is 2.37. The zero-order chi connectivity index (χ0) is 17.7. The second-order valence-corrected chi connectivity index (χ2v) is 6.82. The molecule has 0 aliphatic carbocycles. The lowest BCUT2D eigenvalue weighted by Gasteiger charge is -2.28. The third-order valence-electron chi connectivity index (χ3n) is 4.60. The van der Waals surface area contributed by atoms with Crippen LogP contribution < -0.4 is 0 Å². The van der Waals surface area contributed by atoms with E-state index in [4.69, 9.17) is 0 Å². The van der Waals surface area contributed by atoms with Crippen LogP contribution in [0.15, 0.2) is 54.7 Å². The lowest BCUT2D eigenvalue weighted by atomic mass is 10.0. The molecule has 0 radical (unpaired) electrons. The summed E-state index contributed by atoms with van der Waals surface area (Å²) < 4.78 is 0. The number of amides is 1. The van der Waals surface area contributed by atoms with Gasteiger partial charge in [-0.25, -0.2) is 0 Å². The van der Waals surface area contributed by atoms with Gasteiger partial charge in [-0.2, -0.15) is 0 Å². The highest BCUT2D eigenvalue weighted by molar-refractivity contribution is 5.91. The van der Waals surface area contributed by atoms with E-state index < -0.39 is 5.60 Å². The third-order valence-corrected chi connectivity index (χ3v) is 4.60. The first-order valence-corrected chi connectivity index (χ1v) is 8.59. The van der Waals surface area contributed by atoms with Crippen molar-refractivity contribution in [1.29, 1.82) is 0 Å². The monoisotopic (exact) mass is 339 g/mol. The van der Waals surface area contributed by atoms with Gasteiger partial charge in [0, 0.05) is 44.6 Å². The van der Waals surface area contributed by atoms with Crippen LogP contribution in [-0.4, -0.2) is 58.1 Å². The van der Waals surface area contributed by atoms with E-state index in [9.17, 15) is 9.90 Å². The van der Waals surface area contributed by atoms with Gasteiger partial charge in [0.25, 0.3) is 0 Å². The molecule has 0 spiro atoms. The zero-order valence-corrected chi connectivity index (χ0v) is 14.6. The Morgan fingerprint density at radius 2 is 2.12 bits per heavy atom. The van der Waals surface area contributed by atoms with Gasteiger partial charge in [0.15, 0.2) is 0 Å². The van der Waals surface area contributed by atoms with Crippen LogP contribution in [0, 0.1) is 0 Å². The van der Waals surface area contributed by atoms with Crippen molar-refractivity contribution in [3.63, 3.8) is 0 Å². The molecule has 1 aliphatic rings. The molecule has 0 saturated carbocycles. The number of β-amino-alcohol motifs (C(OH)–C–C–N with tert-alkyl or cyclic N) is 1. The summed E-state index contributed by atoms with van der Waals surface area (Å²) in [5, 5.41) is 10.8. The van der Waals surface area contributed by atoms with E-state index in [-0.39, 0.29) is 5.91 Å². The molecule has 2 N–H and O–H groups in total. The summed E-state index contributed by atoms with van der Waals surface area (Å²) in [5.41, 5.74) is 1.28. The Kier molecular flexibility index (Phi) is 5.36. The van der Waals surface area contributed by atoms with Crippen molar-refractivity contribution in [3.8, 4) is 0 Å². The highest BCUT2D eigenvalue weighted by atomic mass is 16.3. The number of H-pyrrole nitrogens is 1. The molecule has 2 heterocycles. The molecule has 3 rings (SSSR count). The molecular formula is C20H25N3O2. The van der Waals surface area contributed by atoms with Crippen LogP contribution in [0.1, 0.15) is 17.7 Å². The number of nitrogens with one attached hydrogen (secondary N) is 1. The van der Waals surface area contributed by atoms with Gasteiger partial charge < -0.3 is 15.0 Å². The van der Waals surface area contributed by atoms with Crippen molar-refractivity contribution in [2.75, 3.05) is 26.7 Å². The Labute approximate surface area is 148 Å². The minimum atomic E-state index is -0.848. The zero-order valence-electron chi connectivity index (χ0n) is 14.6. The van der Waals surface area contributed by atoms with Gasteiger partial charge >= 0.3 is 0 Å². The fourth-order valence-corrected chi connectivity index (χ4v) is 3.30. The quantitative estimate of drug-likeness (QED) is 0.793. The number of hydrogen-bond donors (Lipinski definition) is 2. The van der Waals surface area contributed by atoms with Crippen molar-refractivity contribution in [2.45, 2.75) is 18.6 Å². The van der Waals surface area contributed by atoms with Crippen LogP contribution in [0.2, 0.25) is 0 Å². The second kappa shape index (κ2) is 7.68. The van der Waals surface area contributed by atoms with E-state index in [2.05, 4.69) is 22.0 Å². The standard InChI is InChI=1S/C20H25N3O2/c1-22(19(24)10-9-18-8-5-12-21-18)15-20(25)11-13-23(16-20)14-17-6-3-2-4-7-17/h2-10,12,21,25H,11,13-16H2,1H3/b10-9+. The van der Waals surface area contributed by atoms with E-state index in [1.54, 1.807) is 18.0 Å². The Morgan fingerprint density at radius 3 is 2.84 bits per heavy atom. The van der Waals surface area contributed by atoms with Crippen molar-refractivity contribution in [2.24, 2.45) is 0 Å². The summed E-state index contributed by atoms with van der Waals surface area (Å²) in [6, 6.07) is 14.0. The Bertz CT molecular complexity index is 712. The summed E-state index contributed by atoms with van der Waals surface area (Å²) in [4.78, 5) is 19.1. The molecule has 1 saturated heterocycles. The number of rotatable bonds is 6. The molecule has 1 aromatic carbocycles. The molecule has 1 fully saturated rings. The van der Waals surface area contributed by atoms with Crippen molar-refractivity contribution < 1.29 is 9.90 Å². The summed E-state index contributed by atoms with van der Waals surface area (Å²) >= 11 is 0. The normalized spacial score (nSPS) is 21.0. The Morgan fingerprint density at radius 1 is 1.32 bits per heavy atom. The predicted octanol–water partition coefficient (Wildman–Crippen LogP) is 2.12. The highest BCUT2D eigenvalue weighted by Crippen LogP contribution is 2.24. The Balaban J connectivity index is 1.52. The van der Waals surface area contributed by atoms with Gasteiger partial charge in [0.2, 0.25) is 5.91 Å². The summed E-state index contributed by atoms with van der Waals surface area (Å²) in [5.74, 6) is -0.107. The molecule has 5 heteroatoms. The van der Waals surface area contributed by atoms with Gasteiger partial charge in [-0.1, -0.05) is 30.3 Å². The van der Waals surface area contributed by atoms with Gasteiger partial charge in [-0.3, -0.25) is 9.69 Å². The average molecular weight is 339 g/mol.